The van der Waals surface area contributed by atoms with Crippen molar-refractivity contribution < 1.29 is 9.53 Å². The van der Waals surface area contributed by atoms with Crippen LogP contribution in [0.4, 0.5) is 0 Å². The molecule has 0 bridgehead atoms. The van der Waals surface area contributed by atoms with Crippen molar-refractivity contribution in [1.82, 2.24) is 4.90 Å². The largest absolute Gasteiger partial charge is 0.481 e. The molecule has 1 aromatic carbocycles. The summed E-state index contributed by atoms with van der Waals surface area (Å²) in [6.07, 6.45) is -0.418. The lowest BCUT2D eigenvalue weighted by Gasteiger charge is -2.24. The fraction of sp³-hybridized carbons (Fsp3) is 0.462. The van der Waals surface area contributed by atoms with Gasteiger partial charge in [-0.2, -0.15) is 0 Å². The zero-order valence-electron chi connectivity index (χ0n) is 10.1. The highest BCUT2D eigenvalue weighted by molar-refractivity contribution is 8.00. The van der Waals surface area contributed by atoms with Crippen molar-refractivity contribution in [3.63, 3.8) is 0 Å². The normalized spacial score (nSPS) is 21.3. The molecule has 1 saturated heterocycles. The maximum atomic E-state index is 12.1. The average Bonchev–Trinajstić information content (AvgIpc) is 2.76. The Hall–Kier alpha value is -1.16. The first-order chi connectivity index (χ1) is 8.18. The Labute approximate surface area is 106 Å². The van der Waals surface area contributed by atoms with E-state index in [0.29, 0.717) is 0 Å². The monoisotopic (exact) mass is 251 g/mol. The molecular weight excluding hydrogens is 234 g/mol. The summed E-state index contributed by atoms with van der Waals surface area (Å²) in [4.78, 5) is 14.0. The fourth-order valence-corrected chi connectivity index (χ4v) is 2.90. The summed E-state index contributed by atoms with van der Waals surface area (Å²) in [5.74, 6) is 1.84. The molecule has 92 valence electrons. The van der Waals surface area contributed by atoms with Crippen LogP contribution in [0, 0.1) is 0 Å². The molecule has 0 N–H and O–H groups in total. The molecule has 0 aromatic heterocycles. The molecule has 1 fully saturated rings. The summed E-state index contributed by atoms with van der Waals surface area (Å²) in [7, 11) is 0. The molecule has 1 heterocycles. The highest BCUT2D eigenvalue weighted by atomic mass is 32.2. The first-order valence-electron chi connectivity index (χ1n) is 5.82. The predicted molar refractivity (Wildman–Crippen MR) is 70.2 cm³/mol. The molecule has 3 nitrogen and oxygen atoms in total. The fourth-order valence-electron chi connectivity index (χ4n) is 1.87. The second-order valence-corrected chi connectivity index (χ2v) is 5.50. The summed E-state index contributed by atoms with van der Waals surface area (Å²) < 4.78 is 5.64. The summed E-state index contributed by atoms with van der Waals surface area (Å²) in [6.45, 7) is 4.70. The van der Waals surface area contributed by atoms with E-state index in [1.807, 2.05) is 42.2 Å². The van der Waals surface area contributed by atoms with Crippen molar-refractivity contribution in [2.45, 2.75) is 25.3 Å². The van der Waals surface area contributed by atoms with Crippen LogP contribution in [0.1, 0.15) is 13.8 Å². The Balaban J connectivity index is 1.96. The molecule has 1 aromatic rings. The summed E-state index contributed by atoms with van der Waals surface area (Å²) >= 11 is 1.81. The second-order valence-electron chi connectivity index (χ2n) is 4.07. The van der Waals surface area contributed by atoms with Gasteiger partial charge in [-0.05, 0) is 26.0 Å². The minimum absolute atomic E-state index is 0.0753. The Morgan fingerprint density at radius 3 is 2.76 bits per heavy atom. The van der Waals surface area contributed by atoms with Crippen LogP contribution in [0.25, 0.3) is 0 Å². The topological polar surface area (TPSA) is 29.5 Å². The summed E-state index contributed by atoms with van der Waals surface area (Å²) in [6, 6.07) is 9.47. The first kappa shape index (κ1) is 12.3. The average molecular weight is 251 g/mol. The highest BCUT2D eigenvalue weighted by Gasteiger charge is 2.29. The lowest BCUT2D eigenvalue weighted by molar-refractivity contribution is -0.137. The van der Waals surface area contributed by atoms with Gasteiger partial charge in [0.05, 0.1) is 5.37 Å². The van der Waals surface area contributed by atoms with Crippen LogP contribution in [-0.2, 0) is 4.79 Å². The van der Waals surface area contributed by atoms with Crippen molar-refractivity contribution in [2.75, 3.05) is 12.3 Å². The summed E-state index contributed by atoms with van der Waals surface area (Å²) in [5, 5.41) is 0.268. The van der Waals surface area contributed by atoms with Crippen LogP contribution in [0.2, 0.25) is 0 Å². The molecular formula is C13H17NO2S. The Morgan fingerprint density at radius 1 is 1.47 bits per heavy atom. The SMILES string of the molecule is CC(Oc1ccccc1)C(=O)N1CCSC1C. The van der Waals surface area contributed by atoms with E-state index in [0.717, 1.165) is 18.0 Å². The molecule has 2 unspecified atom stereocenters. The van der Waals surface area contributed by atoms with Gasteiger partial charge in [-0.3, -0.25) is 4.79 Å². The molecule has 0 aliphatic carbocycles. The van der Waals surface area contributed by atoms with Crippen molar-refractivity contribution in [2.24, 2.45) is 0 Å². The number of hydrogen-bond donors (Lipinski definition) is 0. The lowest BCUT2D eigenvalue weighted by Crippen LogP contribution is -2.41. The molecule has 0 spiro atoms. The van der Waals surface area contributed by atoms with Crippen molar-refractivity contribution >= 4 is 17.7 Å². The lowest BCUT2D eigenvalue weighted by atomic mass is 10.3. The Kier molecular flexibility index (Phi) is 3.94. The number of amides is 1. The van der Waals surface area contributed by atoms with E-state index >= 15 is 0 Å². The quantitative estimate of drug-likeness (QED) is 0.826. The summed E-state index contributed by atoms with van der Waals surface area (Å²) in [5.41, 5.74) is 0. The van der Waals surface area contributed by atoms with Crippen LogP contribution in [0.3, 0.4) is 0 Å². The van der Waals surface area contributed by atoms with Gasteiger partial charge in [0.2, 0.25) is 0 Å². The molecule has 4 heteroatoms. The minimum Gasteiger partial charge on any atom is -0.481 e. The molecule has 1 aliphatic heterocycles. The van der Waals surface area contributed by atoms with Crippen LogP contribution >= 0.6 is 11.8 Å². The van der Waals surface area contributed by atoms with E-state index in [-0.39, 0.29) is 11.3 Å². The molecule has 17 heavy (non-hydrogen) atoms. The maximum absolute atomic E-state index is 12.1. The zero-order valence-corrected chi connectivity index (χ0v) is 10.9. The van der Waals surface area contributed by atoms with E-state index in [1.165, 1.54) is 0 Å². The van der Waals surface area contributed by atoms with Gasteiger partial charge in [-0.25, -0.2) is 0 Å². The third-order valence-electron chi connectivity index (χ3n) is 2.82. The number of nitrogens with zero attached hydrogens (tertiary/aromatic N) is 1. The molecule has 2 atom stereocenters. The van der Waals surface area contributed by atoms with E-state index in [2.05, 4.69) is 6.92 Å². The van der Waals surface area contributed by atoms with E-state index in [4.69, 9.17) is 4.74 Å². The number of thioether (sulfide) groups is 1. The van der Waals surface area contributed by atoms with Crippen LogP contribution in [0.15, 0.2) is 30.3 Å². The van der Waals surface area contributed by atoms with Gasteiger partial charge in [0, 0.05) is 12.3 Å². The Morgan fingerprint density at radius 2 is 2.18 bits per heavy atom. The number of benzene rings is 1. The molecule has 0 radical (unpaired) electrons. The van der Waals surface area contributed by atoms with Crippen LogP contribution in [0.5, 0.6) is 5.75 Å². The Bertz CT molecular complexity index is 382. The number of carbonyl (C=O) groups is 1. The maximum Gasteiger partial charge on any atom is 0.264 e. The first-order valence-corrected chi connectivity index (χ1v) is 6.87. The number of carbonyl (C=O) groups excluding carboxylic acids is 1. The van der Waals surface area contributed by atoms with Crippen molar-refractivity contribution in [3.05, 3.63) is 30.3 Å². The molecule has 2 rings (SSSR count). The molecule has 1 aliphatic rings. The zero-order chi connectivity index (χ0) is 12.3. The number of para-hydroxylation sites is 1. The van der Waals surface area contributed by atoms with Gasteiger partial charge in [0.1, 0.15) is 5.75 Å². The molecule has 1 amide bonds. The van der Waals surface area contributed by atoms with Crippen molar-refractivity contribution in [1.29, 1.82) is 0 Å². The van der Waals surface area contributed by atoms with Crippen LogP contribution in [-0.4, -0.2) is 34.6 Å². The minimum atomic E-state index is -0.418. The van der Waals surface area contributed by atoms with E-state index in [9.17, 15) is 4.79 Å². The van der Waals surface area contributed by atoms with E-state index in [1.54, 1.807) is 11.8 Å². The highest BCUT2D eigenvalue weighted by Crippen LogP contribution is 2.24. The van der Waals surface area contributed by atoms with Gasteiger partial charge in [-0.1, -0.05) is 18.2 Å². The smallest absolute Gasteiger partial charge is 0.264 e. The molecule has 0 saturated carbocycles. The van der Waals surface area contributed by atoms with Gasteiger partial charge < -0.3 is 9.64 Å². The van der Waals surface area contributed by atoms with E-state index < -0.39 is 6.10 Å². The van der Waals surface area contributed by atoms with Gasteiger partial charge in [0.15, 0.2) is 6.10 Å². The third kappa shape index (κ3) is 2.94. The van der Waals surface area contributed by atoms with Crippen LogP contribution < -0.4 is 4.74 Å². The second kappa shape index (κ2) is 5.45. The predicted octanol–water partition coefficient (Wildman–Crippen LogP) is 2.38. The van der Waals surface area contributed by atoms with Gasteiger partial charge >= 0.3 is 0 Å². The van der Waals surface area contributed by atoms with Crippen molar-refractivity contribution in [3.8, 4) is 5.75 Å². The third-order valence-corrected chi connectivity index (χ3v) is 3.97. The van der Waals surface area contributed by atoms with Gasteiger partial charge in [-0.15, -0.1) is 11.8 Å². The number of hydrogen-bond acceptors (Lipinski definition) is 3. The number of ether oxygens (including phenoxy) is 1. The standard InChI is InChI=1S/C13H17NO2S/c1-10(16-12-6-4-3-5-7-12)13(15)14-8-9-17-11(14)2/h3-7,10-11H,8-9H2,1-2H3. The number of rotatable bonds is 3. The van der Waals surface area contributed by atoms with Gasteiger partial charge in [0.25, 0.3) is 5.91 Å².